The van der Waals surface area contributed by atoms with Crippen molar-refractivity contribution < 1.29 is 13.9 Å². The number of esters is 1. The van der Waals surface area contributed by atoms with Gasteiger partial charge in [0.25, 0.3) is 0 Å². The molecule has 0 N–H and O–H groups in total. The van der Waals surface area contributed by atoms with E-state index in [-0.39, 0.29) is 0 Å². The predicted molar refractivity (Wildman–Crippen MR) is 96.1 cm³/mol. The summed E-state index contributed by atoms with van der Waals surface area (Å²) in [5, 5.41) is 2.16. The first-order chi connectivity index (χ1) is 12.1. The molecular formula is C21H14O4. The number of rotatable bonds is 2. The van der Waals surface area contributed by atoms with E-state index >= 15 is 0 Å². The van der Waals surface area contributed by atoms with Crippen LogP contribution in [0.5, 0.6) is 5.75 Å². The summed E-state index contributed by atoms with van der Waals surface area (Å²) in [7, 11) is 0. The van der Waals surface area contributed by atoms with Crippen LogP contribution in [0.1, 0.15) is 15.9 Å². The minimum atomic E-state index is -0.453. The highest BCUT2D eigenvalue weighted by Gasteiger charge is 2.15. The average Bonchev–Trinajstić information content (AvgIpc) is 2.65. The van der Waals surface area contributed by atoms with Gasteiger partial charge in [0.15, 0.2) is 0 Å². The number of carbonyl (C=O) groups is 1. The molecule has 122 valence electrons. The summed E-state index contributed by atoms with van der Waals surface area (Å²) < 4.78 is 11.0. The fourth-order valence-corrected chi connectivity index (χ4v) is 2.90. The van der Waals surface area contributed by atoms with Crippen molar-refractivity contribution in [1.82, 2.24) is 0 Å². The standard InChI is InChI=1S/C21H14O4/c1-13-18(24-20(22)14-7-3-2-4-8-14)12-11-16-15-9-5-6-10-17(15)21(23)25-19(13)16/h2-12H,1H3. The van der Waals surface area contributed by atoms with E-state index in [0.717, 1.165) is 10.8 Å². The lowest BCUT2D eigenvalue weighted by atomic mass is 10.0. The number of aryl methyl sites for hydroxylation is 1. The van der Waals surface area contributed by atoms with Gasteiger partial charge in [-0.15, -0.1) is 0 Å². The Balaban J connectivity index is 1.85. The van der Waals surface area contributed by atoms with Gasteiger partial charge >= 0.3 is 11.6 Å². The second kappa shape index (κ2) is 5.91. The Morgan fingerprint density at radius 3 is 2.28 bits per heavy atom. The molecule has 0 atom stereocenters. The Bertz CT molecular complexity index is 1160. The van der Waals surface area contributed by atoms with Crippen LogP contribution in [-0.2, 0) is 0 Å². The normalized spacial score (nSPS) is 10.9. The van der Waals surface area contributed by atoms with Crippen LogP contribution in [0.25, 0.3) is 21.7 Å². The fraction of sp³-hybridized carbons (Fsp3) is 0.0476. The molecule has 0 saturated carbocycles. The number of benzene rings is 3. The second-order valence-corrected chi connectivity index (χ2v) is 5.76. The summed E-state index contributed by atoms with van der Waals surface area (Å²) in [4.78, 5) is 24.5. The van der Waals surface area contributed by atoms with Crippen molar-refractivity contribution >= 4 is 27.7 Å². The first-order valence-electron chi connectivity index (χ1n) is 7.87. The third kappa shape index (κ3) is 2.58. The number of ether oxygens (including phenoxy) is 1. The predicted octanol–water partition coefficient (Wildman–Crippen LogP) is 4.47. The van der Waals surface area contributed by atoms with Crippen LogP contribution in [0.4, 0.5) is 0 Å². The average molecular weight is 330 g/mol. The van der Waals surface area contributed by atoms with Crippen LogP contribution in [0.15, 0.2) is 75.9 Å². The summed E-state index contributed by atoms with van der Waals surface area (Å²) in [5.74, 6) is -0.0778. The van der Waals surface area contributed by atoms with Gasteiger partial charge in [-0.25, -0.2) is 9.59 Å². The van der Waals surface area contributed by atoms with E-state index < -0.39 is 11.6 Å². The van der Waals surface area contributed by atoms with Crippen molar-refractivity contribution in [1.29, 1.82) is 0 Å². The summed E-state index contributed by atoms with van der Waals surface area (Å²) >= 11 is 0. The molecule has 0 aliphatic carbocycles. The Morgan fingerprint density at radius 1 is 0.840 bits per heavy atom. The number of hydrogen-bond acceptors (Lipinski definition) is 4. The molecule has 0 radical (unpaired) electrons. The summed E-state index contributed by atoms with van der Waals surface area (Å²) in [6.45, 7) is 1.77. The maximum Gasteiger partial charge on any atom is 0.344 e. The van der Waals surface area contributed by atoms with Crippen molar-refractivity contribution in [2.75, 3.05) is 0 Å². The molecule has 0 saturated heterocycles. The van der Waals surface area contributed by atoms with Crippen LogP contribution in [-0.4, -0.2) is 5.97 Å². The van der Waals surface area contributed by atoms with E-state index in [1.165, 1.54) is 0 Å². The molecule has 0 fully saturated rings. The minimum absolute atomic E-state index is 0.375. The third-order valence-electron chi connectivity index (χ3n) is 4.20. The first kappa shape index (κ1) is 15.1. The topological polar surface area (TPSA) is 56.5 Å². The molecule has 4 heteroatoms. The fourth-order valence-electron chi connectivity index (χ4n) is 2.90. The lowest BCUT2D eigenvalue weighted by molar-refractivity contribution is 0.0733. The maximum atomic E-state index is 12.3. The molecule has 4 aromatic rings. The molecule has 25 heavy (non-hydrogen) atoms. The zero-order valence-corrected chi connectivity index (χ0v) is 13.5. The highest BCUT2D eigenvalue weighted by atomic mass is 16.5. The summed E-state index contributed by atoms with van der Waals surface area (Å²) in [5.41, 5.74) is 1.10. The van der Waals surface area contributed by atoms with Gasteiger partial charge in [-0.2, -0.15) is 0 Å². The van der Waals surface area contributed by atoms with Gasteiger partial charge in [-0.1, -0.05) is 36.4 Å². The Kier molecular flexibility index (Phi) is 3.58. The van der Waals surface area contributed by atoms with Crippen molar-refractivity contribution in [3.63, 3.8) is 0 Å². The van der Waals surface area contributed by atoms with Gasteiger partial charge in [0.05, 0.1) is 10.9 Å². The zero-order valence-electron chi connectivity index (χ0n) is 13.5. The molecule has 1 aromatic heterocycles. The molecule has 0 spiro atoms. The van der Waals surface area contributed by atoms with Crippen LogP contribution in [0.2, 0.25) is 0 Å². The second-order valence-electron chi connectivity index (χ2n) is 5.76. The Morgan fingerprint density at radius 2 is 1.52 bits per heavy atom. The van der Waals surface area contributed by atoms with Crippen molar-refractivity contribution in [3.05, 3.63) is 88.3 Å². The first-order valence-corrected chi connectivity index (χ1v) is 7.87. The SMILES string of the molecule is Cc1c(OC(=O)c2ccccc2)ccc2c1oc(=O)c1ccccc12. The number of fused-ring (bicyclic) bond motifs is 3. The Labute approximate surface area is 143 Å². The maximum absolute atomic E-state index is 12.3. The van der Waals surface area contributed by atoms with Gasteiger partial charge in [-0.3, -0.25) is 0 Å². The van der Waals surface area contributed by atoms with E-state index in [2.05, 4.69) is 0 Å². The molecule has 0 amide bonds. The van der Waals surface area contributed by atoms with Crippen LogP contribution in [0.3, 0.4) is 0 Å². The largest absolute Gasteiger partial charge is 0.423 e. The van der Waals surface area contributed by atoms with Crippen LogP contribution in [0, 0.1) is 6.92 Å². The van der Waals surface area contributed by atoms with Gasteiger partial charge in [-0.05, 0) is 42.6 Å². The third-order valence-corrected chi connectivity index (χ3v) is 4.20. The van der Waals surface area contributed by atoms with Crippen molar-refractivity contribution in [2.24, 2.45) is 0 Å². The van der Waals surface area contributed by atoms with E-state index in [1.807, 2.05) is 18.2 Å². The zero-order chi connectivity index (χ0) is 17.4. The molecule has 1 heterocycles. The van der Waals surface area contributed by atoms with E-state index in [4.69, 9.17) is 9.15 Å². The summed E-state index contributed by atoms with van der Waals surface area (Å²) in [6, 6.07) is 19.6. The molecular weight excluding hydrogens is 316 g/mol. The van der Waals surface area contributed by atoms with Gasteiger partial charge in [0.2, 0.25) is 0 Å². The Hall–Kier alpha value is -3.40. The molecule has 0 bridgehead atoms. The number of carbonyl (C=O) groups excluding carboxylic acids is 1. The van der Waals surface area contributed by atoms with Crippen LogP contribution >= 0.6 is 0 Å². The molecule has 4 nitrogen and oxygen atoms in total. The van der Waals surface area contributed by atoms with Gasteiger partial charge < -0.3 is 9.15 Å². The minimum Gasteiger partial charge on any atom is -0.423 e. The smallest absolute Gasteiger partial charge is 0.344 e. The van der Waals surface area contributed by atoms with E-state index in [0.29, 0.717) is 27.8 Å². The molecule has 4 rings (SSSR count). The van der Waals surface area contributed by atoms with E-state index in [1.54, 1.807) is 55.5 Å². The summed E-state index contributed by atoms with van der Waals surface area (Å²) in [6.07, 6.45) is 0. The molecule has 0 aliphatic heterocycles. The lowest BCUT2D eigenvalue weighted by Gasteiger charge is -2.10. The number of hydrogen-bond donors (Lipinski definition) is 0. The lowest BCUT2D eigenvalue weighted by Crippen LogP contribution is -2.09. The molecule has 0 aliphatic rings. The molecule has 3 aromatic carbocycles. The van der Waals surface area contributed by atoms with Crippen molar-refractivity contribution in [3.8, 4) is 5.75 Å². The quantitative estimate of drug-likeness (QED) is 0.235. The van der Waals surface area contributed by atoms with Crippen LogP contribution < -0.4 is 10.4 Å². The highest BCUT2D eigenvalue weighted by molar-refractivity contribution is 6.05. The van der Waals surface area contributed by atoms with Gasteiger partial charge in [0, 0.05) is 10.9 Å². The molecule has 0 unspecified atom stereocenters. The monoisotopic (exact) mass is 330 g/mol. The van der Waals surface area contributed by atoms with Crippen molar-refractivity contribution in [2.45, 2.75) is 6.92 Å². The van der Waals surface area contributed by atoms with E-state index in [9.17, 15) is 9.59 Å². The highest BCUT2D eigenvalue weighted by Crippen LogP contribution is 2.31. The van der Waals surface area contributed by atoms with Gasteiger partial charge in [0.1, 0.15) is 11.3 Å².